The number of carbonyl (C=O) groups is 2. The first-order chi connectivity index (χ1) is 11.3. The quantitative estimate of drug-likeness (QED) is 0.723. The largest absolute Gasteiger partial charge is 0.459 e. The number of furan rings is 1. The van der Waals surface area contributed by atoms with E-state index in [2.05, 4.69) is 10.6 Å². The first-order valence-electron chi connectivity index (χ1n) is 7.77. The van der Waals surface area contributed by atoms with Crippen molar-refractivity contribution in [2.75, 3.05) is 6.54 Å². The van der Waals surface area contributed by atoms with Crippen molar-refractivity contribution >= 4 is 35.2 Å². The molecule has 0 aliphatic rings. The van der Waals surface area contributed by atoms with E-state index in [9.17, 15) is 14.0 Å². The molecule has 1 aromatic heterocycles. The van der Waals surface area contributed by atoms with Crippen molar-refractivity contribution in [1.29, 1.82) is 0 Å². The van der Waals surface area contributed by atoms with Crippen molar-refractivity contribution in [3.05, 3.63) is 35.3 Å². The van der Waals surface area contributed by atoms with Gasteiger partial charge in [0.2, 0.25) is 11.8 Å². The first-order valence-corrected chi connectivity index (χ1v) is 7.77. The van der Waals surface area contributed by atoms with E-state index in [0.717, 1.165) is 5.56 Å². The molecule has 0 radical (unpaired) electrons. The molecular formula is C17H23ClFN3O3. The van der Waals surface area contributed by atoms with E-state index >= 15 is 0 Å². The van der Waals surface area contributed by atoms with Crippen LogP contribution in [0, 0.1) is 18.7 Å². The van der Waals surface area contributed by atoms with Crippen LogP contribution in [0.2, 0.25) is 0 Å². The van der Waals surface area contributed by atoms with E-state index < -0.39 is 6.04 Å². The summed E-state index contributed by atoms with van der Waals surface area (Å²) in [6.07, 6.45) is 0. The van der Waals surface area contributed by atoms with Crippen molar-refractivity contribution in [3.63, 3.8) is 0 Å². The maximum atomic E-state index is 13.3. The third-order valence-electron chi connectivity index (χ3n) is 3.89. The summed E-state index contributed by atoms with van der Waals surface area (Å²) < 4.78 is 18.9. The molecule has 2 aromatic rings. The van der Waals surface area contributed by atoms with Gasteiger partial charge in [0.05, 0.1) is 19.1 Å². The first kappa shape index (κ1) is 20.9. The van der Waals surface area contributed by atoms with Crippen LogP contribution < -0.4 is 16.4 Å². The van der Waals surface area contributed by atoms with E-state index in [1.807, 2.05) is 13.8 Å². The van der Waals surface area contributed by atoms with Crippen molar-refractivity contribution in [1.82, 2.24) is 10.6 Å². The molecule has 0 aliphatic carbocycles. The average Bonchev–Trinajstić information content (AvgIpc) is 2.85. The lowest BCUT2D eigenvalue weighted by Gasteiger charge is -2.15. The number of nitrogens with two attached hydrogens (primary N) is 1. The molecule has 25 heavy (non-hydrogen) atoms. The molecule has 0 fully saturated rings. The summed E-state index contributed by atoms with van der Waals surface area (Å²) >= 11 is 0. The number of amides is 2. The van der Waals surface area contributed by atoms with Crippen LogP contribution in [-0.4, -0.2) is 24.4 Å². The van der Waals surface area contributed by atoms with Gasteiger partial charge in [-0.25, -0.2) is 4.39 Å². The number of aryl methyl sites for hydroxylation is 1. The van der Waals surface area contributed by atoms with E-state index in [1.54, 1.807) is 13.0 Å². The number of carbonyl (C=O) groups excluding carboxylic acids is 2. The summed E-state index contributed by atoms with van der Waals surface area (Å²) in [5.41, 5.74) is 7.03. The fraction of sp³-hybridized carbons (Fsp3) is 0.412. The van der Waals surface area contributed by atoms with Crippen molar-refractivity contribution < 1.29 is 18.4 Å². The van der Waals surface area contributed by atoms with Crippen molar-refractivity contribution in [2.45, 2.75) is 33.4 Å². The molecule has 138 valence electrons. The number of fused-ring (bicyclic) bond motifs is 1. The molecule has 1 heterocycles. The van der Waals surface area contributed by atoms with Gasteiger partial charge in [0.25, 0.3) is 0 Å². The zero-order chi connectivity index (χ0) is 17.9. The van der Waals surface area contributed by atoms with Gasteiger partial charge < -0.3 is 20.8 Å². The molecule has 0 unspecified atom stereocenters. The lowest BCUT2D eigenvalue weighted by Crippen LogP contribution is -2.47. The highest BCUT2D eigenvalue weighted by molar-refractivity contribution is 5.87. The third-order valence-corrected chi connectivity index (χ3v) is 3.89. The Kier molecular flexibility index (Phi) is 7.38. The van der Waals surface area contributed by atoms with Crippen molar-refractivity contribution in [3.8, 4) is 0 Å². The monoisotopic (exact) mass is 371 g/mol. The maximum absolute atomic E-state index is 13.3. The van der Waals surface area contributed by atoms with E-state index in [0.29, 0.717) is 16.7 Å². The number of halogens is 2. The smallest absolute Gasteiger partial charge is 0.239 e. The Morgan fingerprint density at radius 3 is 2.60 bits per heavy atom. The van der Waals surface area contributed by atoms with E-state index in [-0.39, 0.29) is 49.0 Å². The number of benzene rings is 1. The molecule has 2 rings (SSSR count). The fourth-order valence-electron chi connectivity index (χ4n) is 2.24. The predicted molar refractivity (Wildman–Crippen MR) is 95.8 cm³/mol. The highest BCUT2D eigenvalue weighted by Gasteiger charge is 2.18. The Morgan fingerprint density at radius 1 is 1.28 bits per heavy atom. The maximum Gasteiger partial charge on any atom is 0.239 e. The zero-order valence-electron chi connectivity index (χ0n) is 14.4. The lowest BCUT2D eigenvalue weighted by molar-refractivity contribution is -0.127. The fourth-order valence-corrected chi connectivity index (χ4v) is 2.24. The Labute approximate surface area is 151 Å². The second-order valence-corrected chi connectivity index (χ2v) is 6.06. The minimum absolute atomic E-state index is 0. The third kappa shape index (κ3) is 5.17. The molecule has 1 atom stereocenters. The summed E-state index contributed by atoms with van der Waals surface area (Å²) in [4.78, 5) is 23.5. The zero-order valence-corrected chi connectivity index (χ0v) is 15.2. The standard InChI is InChI=1S/C17H22FN3O3.ClH/c1-9(2)16(19)17(23)21-8-15(22)20-7-14-10(3)12-6-11(18)4-5-13(12)24-14;/h4-6,9,16H,7-8,19H2,1-3H3,(H,20,22)(H,21,23);1H/t16-;/m0./s1. The van der Waals surface area contributed by atoms with Gasteiger partial charge in [0.1, 0.15) is 17.2 Å². The molecule has 0 spiro atoms. The second-order valence-electron chi connectivity index (χ2n) is 6.06. The Balaban J connectivity index is 0.00000312. The number of hydrogen-bond acceptors (Lipinski definition) is 4. The van der Waals surface area contributed by atoms with Crippen LogP contribution in [0.15, 0.2) is 22.6 Å². The van der Waals surface area contributed by atoms with Crippen LogP contribution in [-0.2, 0) is 16.1 Å². The number of hydrogen-bond donors (Lipinski definition) is 3. The van der Waals surface area contributed by atoms with Crippen LogP contribution in [0.1, 0.15) is 25.2 Å². The molecule has 1 aromatic carbocycles. The summed E-state index contributed by atoms with van der Waals surface area (Å²) in [7, 11) is 0. The van der Waals surface area contributed by atoms with Crippen molar-refractivity contribution in [2.24, 2.45) is 11.7 Å². The van der Waals surface area contributed by atoms with Gasteiger partial charge in [0, 0.05) is 10.9 Å². The molecule has 8 heteroatoms. The van der Waals surface area contributed by atoms with Gasteiger partial charge in [-0.3, -0.25) is 9.59 Å². The number of nitrogens with one attached hydrogen (secondary N) is 2. The van der Waals surface area contributed by atoms with Gasteiger partial charge in [-0.15, -0.1) is 12.4 Å². The molecule has 4 N–H and O–H groups in total. The molecular weight excluding hydrogens is 349 g/mol. The normalized spacial score (nSPS) is 11.9. The van der Waals surface area contributed by atoms with Gasteiger partial charge >= 0.3 is 0 Å². The SMILES string of the molecule is Cc1c(CNC(=O)CNC(=O)[C@@H](N)C(C)C)oc2ccc(F)cc12.Cl. The Bertz CT molecular complexity index is 761. The van der Waals surface area contributed by atoms with Gasteiger partial charge in [0.15, 0.2) is 0 Å². The molecule has 2 amide bonds. The van der Waals surface area contributed by atoms with E-state index in [1.165, 1.54) is 12.1 Å². The van der Waals surface area contributed by atoms with Gasteiger partial charge in [-0.1, -0.05) is 13.8 Å². The Hall–Kier alpha value is -2.12. The highest BCUT2D eigenvalue weighted by atomic mass is 35.5. The minimum atomic E-state index is -0.648. The number of rotatable bonds is 6. The van der Waals surface area contributed by atoms with Crippen LogP contribution in [0.4, 0.5) is 4.39 Å². The summed E-state index contributed by atoms with van der Waals surface area (Å²) in [6, 6.07) is 3.62. The Morgan fingerprint density at radius 2 is 1.96 bits per heavy atom. The summed E-state index contributed by atoms with van der Waals surface area (Å²) in [6.45, 7) is 5.46. The van der Waals surface area contributed by atoms with Crippen LogP contribution in [0.3, 0.4) is 0 Å². The van der Waals surface area contributed by atoms with Crippen LogP contribution >= 0.6 is 12.4 Å². The van der Waals surface area contributed by atoms with E-state index in [4.69, 9.17) is 10.2 Å². The topological polar surface area (TPSA) is 97.4 Å². The summed E-state index contributed by atoms with van der Waals surface area (Å²) in [5.74, 6) is -0.520. The molecule has 0 aliphatic heterocycles. The molecule has 0 bridgehead atoms. The predicted octanol–water partition coefficient (Wildman–Crippen LogP) is 2.02. The molecule has 0 saturated carbocycles. The van der Waals surface area contributed by atoms with Gasteiger partial charge in [-0.05, 0) is 31.0 Å². The minimum Gasteiger partial charge on any atom is -0.459 e. The van der Waals surface area contributed by atoms with Crippen LogP contribution in [0.5, 0.6) is 0 Å². The molecule has 6 nitrogen and oxygen atoms in total. The molecule has 0 saturated heterocycles. The second kappa shape index (κ2) is 8.82. The average molecular weight is 372 g/mol. The summed E-state index contributed by atoms with van der Waals surface area (Å²) in [5, 5.41) is 5.83. The van der Waals surface area contributed by atoms with Gasteiger partial charge in [-0.2, -0.15) is 0 Å². The van der Waals surface area contributed by atoms with Crippen LogP contribution in [0.25, 0.3) is 11.0 Å². The highest BCUT2D eigenvalue weighted by Crippen LogP contribution is 2.25. The lowest BCUT2D eigenvalue weighted by atomic mass is 10.1.